The van der Waals surface area contributed by atoms with Crippen LogP contribution < -0.4 is 0 Å². The van der Waals surface area contributed by atoms with E-state index in [4.69, 9.17) is 11.6 Å². The summed E-state index contributed by atoms with van der Waals surface area (Å²) < 4.78 is 13.7. The van der Waals surface area contributed by atoms with E-state index in [1.807, 2.05) is 42.5 Å². The van der Waals surface area contributed by atoms with Crippen LogP contribution in [0.1, 0.15) is 15.9 Å². The lowest BCUT2D eigenvalue weighted by atomic mass is 10.0. The molecule has 0 saturated carbocycles. The van der Waals surface area contributed by atoms with Crippen molar-refractivity contribution in [2.75, 3.05) is 0 Å². The maximum absolute atomic E-state index is 13.7. The summed E-state index contributed by atoms with van der Waals surface area (Å²) in [4.78, 5) is 12.2. The SMILES string of the molecule is O=C(C=Cc1c(F)cccc1Cl)c1ccc(-c2ccccc2)cc1. The Bertz CT molecular complexity index is 863. The highest BCUT2D eigenvalue weighted by Crippen LogP contribution is 2.22. The second kappa shape index (κ2) is 7.24. The van der Waals surface area contributed by atoms with E-state index in [0.29, 0.717) is 5.56 Å². The zero-order chi connectivity index (χ0) is 16.9. The summed E-state index contributed by atoms with van der Waals surface area (Å²) in [7, 11) is 0. The van der Waals surface area contributed by atoms with Crippen molar-refractivity contribution in [1.82, 2.24) is 0 Å². The number of ketones is 1. The Labute approximate surface area is 145 Å². The summed E-state index contributed by atoms with van der Waals surface area (Å²) in [5, 5.41) is 0.276. The number of allylic oxidation sites excluding steroid dienone is 1. The summed E-state index contributed by atoms with van der Waals surface area (Å²) in [5.41, 5.74) is 2.88. The number of halogens is 2. The topological polar surface area (TPSA) is 17.1 Å². The number of carbonyl (C=O) groups excluding carboxylic acids is 1. The first-order valence-corrected chi connectivity index (χ1v) is 7.85. The van der Waals surface area contributed by atoms with Crippen LogP contribution >= 0.6 is 11.6 Å². The van der Waals surface area contributed by atoms with Crippen molar-refractivity contribution >= 4 is 23.5 Å². The average molecular weight is 337 g/mol. The van der Waals surface area contributed by atoms with Gasteiger partial charge in [0.1, 0.15) is 5.82 Å². The maximum atomic E-state index is 13.7. The van der Waals surface area contributed by atoms with Gasteiger partial charge in [-0.25, -0.2) is 4.39 Å². The molecule has 0 amide bonds. The fourth-order valence-electron chi connectivity index (χ4n) is 2.38. The molecule has 0 saturated heterocycles. The van der Waals surface area contributed by atoms with E-state index in [2.05, 4.69) is 0 Å². The minimum Gasteiger partial charge on any atom is -0.289 e. The van der Waals surface area contributed by atoms with Gasteiger partial charge >= 0.3 is 0 Å². The molecule has 0 heterocycles. The van der Waals surface area contributed by atoms with Crippen molar-refractivity contribution < 1.29 is 9.18 Å². The molecule has 3 rings (SSSR count). The first-order valence-electron chi connectivity index (χ1n) is 7.47. The summed E-state index contributed by atoms with van der Waals surface area (Å²) in [6, 6.07) is 21.7. The molecule has 0 aromatic heterocycles. The van der Waals surface area contributed by atoms with Gasteiger partial charge in [-0.05, 0) is 35.4 Å². The molecule has 0 aliphatic rings. The van der Waals surface area contributed by atoms with Gasteiger partial charge in [0.2, 0.25) is 0 Å². The van der Waals surface area contributed by atoms with Crippen LogP contribution in [0.5, 0.6) is 0 Å². The molecule has 0 aliphatic carbocycles. The number of carbonyl (C=O) groups is 1. The summed E-state index contributed by atoms with van der Waals surface area (Å²) in [6.07, 6.45) is 2.74. The van der Waals surface area contributed by atoms with Crippen LogP contribution in [0.25, 0.3) is 17.2 Å². The van der Waals surface area contributed by atoms with Crippen LogP contribution in [0.15, 0.2) is 78.9 Å². The highest BCUT2D eigenvalue weighted by molar-refractivity contribution is 6.32. The molecule has 3 aromatic rings. The molecule has 3 heteroatoms. The quantitative estimate of drug-likeness (QED) is 0.419. The molecule has 1 nitrogen and oxygen atoms in total. The fourth-order valence-corrected chi connectivity index (χ4v) is 2.61. The monoisotopic (exact) mass is 336 g/mol. The van der Waals surface area contributed by atoms with Crippen molar-refractivity contribution in [3.8, 4) is 11.1 Å². The lowest BCUT2D eigenvalue weighted by Gasteiger charge is -2.03. The van der Waals surface area contributed by atoms with Crippen LogP contribution in [0, 0.1) is 5.82 Å². The Hall–Kier alpha value is -2.71. The summed E-state index contributed by atoms with van der Waals surface area (Å²) >= 11 is 5.95. The first-order chi connectivity index (χ1) is 11.6. The number of hydrogen-bond acceptors (Lipinski definition) is 1. The van der Waals surface area contributed by atoms with Crippen molar-refractivity contribution in [3.05, 3.63) is 101 Å². The predicted octanol–water partition coefficient (Wildman–Crippen LogP) is 6.04. The van der Waals surface area contributed by atoms with Gasteiger partial charge in [-0.1, -0.05) is 72.3 Å². The van der Waals surface area contributed by atoms with Gasteiger partial charge in [-0.15, -0.1) is 0 Å². The van der Waals surface area contributed by atoms with Crippen molar-refractivity contribution in [2.45, 2.75) is 0 Å². The second-order valence-corrected chi connectivity index (χ2v) is 5.68. The molecule has 0 bridgehead atoms. The van der Waals surface area contributed by atoms with E-state index in [-0.39, 0.29) is 16.4 Å². The molecule has 24 heavy (non-hydrogen) atoms. The molecule has 0 unspecified atom stereocenters. The van der Waals surface area contributed by atoms with Gasteiger partial charge < -0.3 is 0 Å². The smallest absolute Gasteiger partial charge is 0.185 e. The van der Waals surface area contributed by atoms with Gasteiger partial charge in [-0.2, -0.15) is 0 Å². The van der Waals surface area contributed by atoms with E-state index >= 15 is 0 Å². The zero-order valence-electron chi connectivity index (χ0n) is 12.7. The van der Waals surface area contributed by atoms with Gasteiger partial charge in [0.15, 0.2) is 5.78 Å². The van der Waals surface area contributed by atoms with Gasteiger partial charge in [0.05, 0.1) is 5.02 Å². The van der Waals surface area contributed by atoms with Gasteiger partial charge in [0.25, 0.3) is 0 Å². The molecular formula is C21H14ClFO. The highest BCUT2D eigenvalue weighted by Gasteiger charge is 2.06. The second-order valence-electron chi connectivity index (χ2n) is 5.28. The number of benzene rings is 3. The lowest BCUT2D eigenvalue weighted by molar-refractivity contribution is 0.104. The Morgan fingerprint density at radius 2 is 1.50 bits per heavy atom. The predicted molar refractivity (Wildman–Crippen MR) is 96.7 cm³/mol. The number of rotatable bonds is 4. The summed E-state index contributed by atoms with van der Waals surface area (Å²) in [6.45, 7) is 0. The molecular weight excluding hydrogens is 323 g/mol. The molecule has 118 valence electrons. The molecule has 0 atom stereocenters. The normalized spacial score (nSPS) is 10.9. The Morgan fingerprint density at radius 3 is 2.17 bits per heavy atom. The lowest BCUT2D eigenvalue weighted by Crippen LogP contribution is -1.94. The third kappa shape index (κ3) is 3.61. The van der Waals surface area contributed by atoms with Crippen molar-refractivity contribution in [2.24, 2.45) is 0 Å². The molecule has 0 spiro atoms. The molecule has 0 fully saturated rings. The Morgan fingerprint density at radius 1 is 0.833 bits per heavy atom. The standard InChI is InChI=1S/C21H14ClFO/c22-19-7-4-8-20(23)18(19)13-14-21(24)17-11-9-16(10-12-17)15-5-2-1-3-6-15/h1-14H. The first kappa shape index (κ1) is 16.2. The average Bonchev–Trinajstić information content (AvgIpc) is 2.62. The van der Waals surface area contributed by atoms with Crippen LogP contribution in [-0.2, 0) is 0 Å². The molecule has 0 N–H and O–H groups in total. The van der Waals surface area contributed by atoms with Crippen LogP contribution in [0.2, 0.25) is 5.02 Å². The number of hydrogen-bond donors (Lipinski definition) is 0. The van der Waals surface area contributed by atoms with Crippen LogP contribution in [0.3, 0.4) is 0 Å². The Balaban J connectivity index is 1.80. The van der Waals surface area contributed by atoms with E-state index in [0.717, 1.165) is 11.1 Å². The molecule has 0 radical (unpaired) electrons. The maximum Gasteiger partial charge on any atom is 0.185 e. The molecule has 0 aliphatic heterocycles. The highest BCUT2D eigenvalue weighted by atomic mass is 35.5. The third-order valence-corrected chi connectivity index (χ3v) is 4.01. The minimum absolute atomic E-state index is 0.200. The fraction of sp³-hybridized carbons (Fsp3) is 0. The molecule has 3 aromatic carbocycles. The Kier molecular flexibility index (Phi) is 4.88. The van der Waals surface area contributed by atoms with E-state index < -0.39 is 5.82 Å². The van der Waals surface area contributed by atoms with Crippen molar-refractivity contribution in [1.29, 1.82) is 0 Å². The van der Waals surface area contributed by atoms with Gasteiger partial charge in [-0.3, -0.25) is 4.79 Å². The zero-order valence-corrected chi connectivity index (χ0v) is 13.5. The third-order valence-electron chi connectivity index (χ3n) is 3.68. The van der Waals surface area contributed by atoms with Gasteiger partial charge in [0, 0.05) is 11.1 Å². The summed E-state index contributed by atoms with van der Waals surface area (Å²) in [5.74, 6) is -0.653. The van der Waals surface area contributed by atoms with E-state index in [1.165, 1.54) is 24.3 Å². The minimum atomic E-state index is -0.453. The van der Waals surface area contributed by atoms with Crippen molar-refractivity contribution in [3.63, 3.8) is 0 Å². The van der Waals surface area contributed by atoms with E-state index in [1.54, 1.807) is 18.2 Å². The van der Waals surface area contributed by atoms with Crippen LogP contribution in [-0.4, -0.2) is 5.78 Å². The largest absolute Gasteiger partial charge is 0.289 e. The van der Waals surface area contributed by atoms with E-state index in [9.17, 15) is 9.18 Å². The van der Waals surface area contributed by atoms with Crippen LogP contribution in [0.4, 0.5) is 4.39 Å².